The Kier molecular flexibility index (Phi) is 4.39. The fourth-order valence-electron chi connectivity index (χ4n) is 3.07. The van der Waals surface area contributed by atoms with E-state index in [-0.39, 0.29) is 0 Å². The van der Waals surface area contributed by atoms with E-state index in [4.69, 9.17) is 0 Å². The van der Waals surface area contributed by atoms with Crippen LogP contribution in [0, 0.1) is 5.92 Å². The zero-order chi connectivity index (χ0) is 10.7. The fourth-order valence-corrected chi connectivity index (χ4v) is 3.86. The molecule has 1 N–H and O–H groups in total. The van der Waals surface area contributed by atoms with Gasteiger partial charge in [-0.3, -0.25) is 0 Å². The van der Waals surface area contributed by atoms with Gasteiger partial charge in [0.2, 0.25) is 0 Å². The smallest absolute Gasteiger partial charge is 0.00805 e. The summed E-state index contributed by atoms with van der Waals surface area (Å²) < 4.78 is 0. The van der Waals surface area contributed by atoms with Gasteiger partial charge in [-0.25, -0.2) is 0 Å². The predicted octanol–water partition coefficient (Wildman–Crippen LogP) is 3.44. The minimum atomic E-state index is 0.834. The van der Waals surface area contributed by atoms with Crippen molar-refractivity contribution in [1.29, 1.82) is 0 Å². The Balaban J connectivity index is 1.69. The van der Waals surface area contributed by atoms with Crippen molar-refractivity contribution >= 4 is 11.8 Å². The number of rotatable bonds is 3. The molecule has 0 radical (unpaired) electrons. The summed E-state index contributed by atoms with van der Waals surface area (Å²) in [6.45, 7) is 2.40. The molecule has 2 rings (SSSR count). The third kappa shape index (κ3) is 3.39. The van der Waals surface area contributed by atoms with Gasteiger partial charge in [0.25, 0.3) is 0 Å². The lowest BCUT2D eigenvalue weighted by atomic mass is 9.87. The van der Waals surface area contributed by atoms with Crippen LogP contribution in [0.3, 0.4) is 0 Å². The van der Waals surface area contributed by atoms with Crippen LogP contribution in [-0.2, 0) is 0 Å². The third-order valence-corrected chi connectivity index (χ3v) is 5.30. The summed E-state index contributed by atoms with van der Waals surface area (Å²) in [5.74, 6) is 0.977. The normalized spacial score (nSPS) is 42.0. The minimum absolute atomic E-state index is 0.834. The highest BCUT2D eigenvalue weighted by Crippen LogP contribution is 2.30. The molecule has 15 heavy (non-hydrogen) atoms. The molecule has 0 bridgehead atoms. The van der Waals surface area contributed by atoms with E-state index in [0.717, 1.165) is 23.3 Å². The maximum Gasteiger partial charge on any atom is 0.00805 e. The Labute approximate surface area is 98.8 Å². The number of hydrogen-bond acceptors (Lipinski definition) is 2. The first-order valence-electron chi connectivity index (χ1n) is 6.56. The standard InChI is InChI=1S/C13H25NS/c1-10-3-5-11(6-4-10)14-12-7-8-13(9-12)15-2/h10-14H,3-9H2,1-2H3. The molecular formula is C13H25NS. The van der Waals surface area contributed by atoms with Crippen molar-refractivity contribution in [2.24, 2.45) is 5.92 Å². The first-order chi connectivity index (χ1) is 7.28. The minimum Gasteiger partial charge on any atom is -0.311 e. The molecule has 88 valence electrons. The highest BCUT2D eigenvalue weighted by atomic mass is 32.2. The van der Waals surface area contributed by atoms with E-state index in [2.05, 4.69) is 30.3 Å². The monoisotopic (exact) mass is 227 g/mol. The highest BCUT2D eigenvalue weighted by molar-refractivity contribution is 7.99. The molecule has 0 aromatic heterocycles. The average Bonchev–Trinajstić information content (AvgIpc) is 2.69. The second kappa shape index (κ2) is 5.58. The van der Waals surface area contributed by atoms with E-state index < -0.39 is 0 Å². The molecule has 2 unspecified atom stereocenters. The van der Waals surface area contributed by atoms with Crippen LogP contribution in [0.5, 0.6) is 0 Å². The van der Waals surface area contributed by atoms with Gasteiger partial charge in [0, 0.05) is 17.3 Å². The Morgan fingerprint density at radius 2 is 1.60 bits per heavy atom. The molecule has 0 saturated heterocycles. The SMILES string of the molecule is CSC1CCC(NC2CCC(C)CC2)C1. The Morgan fingerprint density at radius 3 is 2.20 bits per heavy atom. The van der Waals surface area contributed by atoms with Crippen LogP contribution >= 0.6 is 11.8 Å². The predicted molar refractivity (Wildman–Crippen MR) is 69.5 cm³/mol. The first-order valence-corrected chi connectivity index (χ1v) is 7.85. The van der Waals surface area contributed by atoms with E-state index in [1.807, 2.05) is 0 Å². The lowest BCUT2D eigenvalue weighted by Gasteiger charge is -2.29. The van der Waals surface area contributed by atoms with Crippen LogP contribution < -0.4 is 5.32 Å². The van der Waals surface area contributed by atoms with E-state index in [9.17, 15) is 0 Å². The largest absolute Gasteiger partial charge is 0.311 e. The molecule has 0 aliphatic heterocycles. The maximum atomic E-state index is 3.89. The van der Waals surface area contributed by atoms with Gasteiger partial charge in [-0.2, -0.15) is 11.8 Å². The van der Waals surface area contributed by atoms with Gasteiger partial charge < -0.3 is 5.32 Å². The molecule has 0 aromatic carbocycles. The summed E-state index contributed by atoms with van der Waals surface area (Å²) in [5.41, 5.74) is 0. The summed E-state index contributed by atoms with van der Waals surface area (Å²) in [5, 5.41) is 4.82. The molecule has 2 atom stereocenters. The molecule has 0 amide bonds. The van der Waals surface area contributed by atoms with Gasteiger partial charge in [-0.05, 0) is 57.1 Å². The summed E-state index contributed by atoms with van der Waals surface area (Å²) in [6, 6.07) is 1.67. The van der Waals surface area contributed by atoms with E-state index in [1.165, 1.54) is 44.9 Å². The average molecular weight is 227 g/mol. The second-order valence-corrected chi connectivity index (χ2v) is 6.63. The van der Waals surface area contributed by atoms with Crippen molar-refractivity contribution in [3.05, 3.63) is 0 Å². The van der Waals surface area contributed by atoms with Crippen LogP contribution in [0.15, 0.2) is 0 Å². The molecule has 2 aliphatic rings. The van der Waals surface area contributed by atoms with Gasteiger partial charge in [0.05, 0.1) is 0 Å². The fraction of sp³-hybridized carbons (Fsp3) is 1.00. The number of thioether (sulfide) groups is 1. The van der Waals surface area contributed by atoms with Crippen molar-refractivity contribution in [3.8, 4) is 0 Å². The number of hydrogen-bond donors (Lipinski definition) is 1. The number of nitrogens with one attached hydrogen (secondary N) is 1. The van der Waals surface area contributed by atoms with Gasteiger partial charge >= 0.3 is 0 Å². The molecule has 0 aromatic rings. The van der Waals surface area contributed by atoms with Gasteiger partial charge in [-0.1, -0.05) is 6.92 Å². The van der Waals surface area contributed by atoms with Crippen molar-refractivity contribution in [1.82, 2.24) is 5.32 Å². The maximum absolute atomic E-state index is 3.89. The molecule has 2 aliphatic carbocycles. The van der Waals surface area contributed by atoms with Crippen LogP contribution in [0.25, 0.3) is 0 Å². The second-order valence-electron chi connectivity index (χ2n) is 5.49. The summed E-state index contributed by atoms with van der Waals surface area (Å²) in [7, 11) is 0. The molecule has 1 nitrogen and oxygen atoms in total. The van der Waals surface area contributed by atoms with E-state index in [1.54, 1.807) is 0 Å². The van der Waals surface area contributed by atoms with Crippen LogP contribution in [0.4, 0.5) is 0 Å². The summed E-state index contributed by atoms with van der Waals surface area (Å²) >= 11 is 2.06. The first kappa shape index (κ1) is 11.8. The van der Waals surface area contributed by atoms with Crippen molar-refractivity contribution in [3.63, 3.8) is 0 Å². The Morgan fingerprint density at radius 1 is 0.933 bits per heavy atom. The van der Waals surface area contributed by atoms with Crippen LogP contribution in [0.2, 0.25) is 0 Å². The van der Waals surface area contributed by atoms with Crippen molar-refractivity contribution in [2.45, 2.75) is 69.2 Å². The lowest BCUT2D eigenvalue weighted by molar-refractivity contribution is 0.286. The zero-order valence-corrected chi connectivity index (χ0v) is 11.0. The van der Waals surface area contributed by atoms with Crippen LogP contribution in [0.1, 0.15) is 51.9 Å². The molecular weight excluding hydrogens is 202 g/mol. The Bertz CT molecular complexity index is 187. The zero-order valence-electron chi connectivity index (χ0n) is 10.2. The molecule has 2 heteroatoms. The molecule has 2 saturated carbocycles. The topological polar surface area (TPSA) is 12.0 Å². The van der Waals surface area contributed by atoms with E-state index >= 15 is 0 Å². The van der Waals surface area contributed by atoms with Gasteiger partial charge in [-0.15, -0.1) is 0 Å². The quantitative estimate of drug-likeness (QED) is 0.792. The molecule has 0 spiro atoms. The summed E-state index contributed by atoms with van der Waals surface area (Å²) in [6.07, 6.45) is 12.2. The van der Waals surface area contributed by atoms with Crippen LogP contribution in [-0.4, -0.2) is 23.6 Å². The lowest BCUT2D eigenvalue weighted by Crippen LogP contribution is -2.39. The van der Waals surface area contributed by atoms with Crippen molar-refractivity contribution < 1.29 is 0 Å². The highest BCUT2D eigenvalue weighted by Gasteiger charge is 2.27. The van der Waals surface area contributed by atoms with Gasteiger partial charge in [0.15, 0.2) is 0 Å². The van der Waals surface area contributed by atoms with E-state index in [0.29, 0.717) is 0 Å². The van der Waals surface area contributed by atoms with Gasteiger partial charge in [0.1, 0.15) is 0 Å². The summed E-state index contributed by atoms with van der Waals surface area (Å²) in [4.78, 5) is 0. The Hall–Kier alpha value is 0.310. The third-order valence-electron chi connectivity index (χ3n) is 4.21. The molecule has 2 fully saturated rings. The molecule has 0 heterocycles. The van der Waals surface area contributed by atoms with Crippen molar-refractivity contribution in [2.75, 3.05) is 6.26 Å².